The summed E-state index contributed by atoms with van der Waals surface area (Å²) in [6, 6.07) is 12.0. The van der Waals surface area contributed by atoms with Gasteiger partial charge >= 0.3 is 0 Å². The third kappa shape index (κ3) is 5.05. The second-order valence-corrected chi connectivity index (χ2v) is 6.47. The Bertz CT molecular complexity index is 820. The van der Waals surface area contributed by atoms with Crippen LogP contribution in [0.1, 0.15) is 13.8 Å². The van der Waals surface area contributed by atoms with Crippen molar-refractivity contribution in [2.24, 2.45) is 0 Å². The van der Waals surface area contributed by atoms with E-state index in [1.807, 2.05) is 32.0 Å². The van der Waals surface area contributed by atoms with Gasteiger partial charge in [-0.1, -0.05) is 17.7 Å². The minimum Gasteiger partial charge on any atom is -0.494 e. The number of anilines is 2. The van der Waals surface area contributed by atoms with Crippen molar-refractivity contribution < 1.29 is 14.3 Å². The highest BCUT2D eigenvalue weighted by Gasteiger charge is 2.33. The van der Waals surface area contributed by atoms with Gasteiger partial charge < -0.3 is 20.1 Å². The fourth-order valence-corrected chi connectivity index (χ4v) is 3.00. The first-order chi connectivity index (χ1) is 13.6. The Balaban J connectivity index is 1.73. The van der Waals surface area contributed by atoms with E-state index in [1.165, 1.54) is 0 Å². The standard InChI is InChI=1S/C19H24ClN5O3/c1-3-27-14-8-9-16(28-4-2)15(11-14)22-19(26)17-18(24-25-23-17)21-13-7-5-6-12(20)10-13/h5-11,17-18,21,23-25H,3-4H2,1-2H3,(H,22,26). The molecule has 3 rings (SSSR count). The summed E-state index contributed by atoms with van der Waals surface area (Å²) in [5.74, 6) is 0.995. The third-order valence-corrected chi connectivity index (χ3v) is 4.27. The molecule has 1 heterocycles. The minimum absolute atomic E-state index is 0.244. The number of hydrogen-bond donors (Lipinski definition) is 5. The maximum Gasteiger partial charge on any atom is 0.246 e. The molecule has 0 bridgehead atoms. The van der Waals surface area contributed by atoms with E-state index in [0.29, 0.717) is 35.4 Å². The lowest BCUT2D eigenvalue weighted by atomic mass is 10.2. The third-order valence-electron chi connectivity index (χ3n) is 4.04. The smallest absolute Gasteiger partial charge is 0.246 e. The molecular weight excluding hydrogens is 382 g/mol. The fourth-order valence-electron chi connectivity index (χ4n) is 2.81. The quantitative estimate of drug-likeness (QED) is 0.460. The highest BCUT2D eigenvalue weighted by atomic mass is 35.5. The molecule has 1 amide bonds. The van der Waals surface area contributed by atoms with Crippen LogP contribution in [0.4, 0.5) is 11.4 Å². The zero-order chi connectivity index (χ0) is 19.9. The first kappa shape index (κ1) is 20.2. The number of halogens is 1. The molecule has 0 aliphatic carbocycles. The van der Waals surface area contributed by atoms with Gasteiger partial charge in [0.25, 0.3) is 0 Å². The number of amides is 1. The molecule has 2 unspecified atom stereocenters. The molecule has 0 spiro atoms. The van der Waals surface area contributed by atoms with Gasteiger partial charge in [0.05, 0.1) is 18.9 Å². The molecule has 2 aromatic carbocycles. The van der Waals surface area contributed by atoms with Gasteiger partial charge in [0.2, 0.25) is 5.91 Å². The molecule has 8 nitrogen and oxygen atoms in total. The van der Waals surface area contributed by atoms with Crippen LogP contribution in [-0.2, 0) is 4.79 Å². The van der Waals surface area contributed by atoms with E-state index < -0.39 is 12.2 Å². The second-order valence-electron chi connectivity index (χ2n) is 6.04. The molecule has 0 saturated carbocycles. The number of hydrazine groups is 2. The largest absolute Gasteiger partial charge is 0.494 e. The summed E-state index contributed by atoms with van der Waals surface area (Å²) >= 11 is 6.03. The van der Waals surface area contributed by atoms with Crippen molar-refractivity contribution in [3.8, 4) is 11.5 Å². The van der Waals surface area contributed by atoms with Gasteiger partial charge in [-0.05, 0) is 44.2 Å². The lowest BCUT2D eigenvalue weighted by molar-refractivity contribution is -0.118. The van der Waals surface area contributed by atoms with Gasteiger partial charge in [-0.15, -0.1) is 0 Å². The second kappa shape index (κ2) is 9.61. The van der Waals surface area contributed by atoms with E-state index in [9.17, 15) is 4.79 Å². The first-order valence-corrected chi connectivity index (χ1v) is 9.47. The topological polar surface area (TPSA) is 95.7 Å². The Hall–Kier alpha value is -2.52. The molecule has 9 heteroatoms. The van der Waals surface area contributed by atoms with Crippen molar-refractivity contribution in [2.45, 2.75) is 26.1 Å². The maximum absolute atomic E-state index is 12.9. The summed E-state index contributed by atoms with van der Waals surface area (Å²) in [7, 11) is 0. The Morgan fingerprint density at radius 1 is 1.11 bits per heavy atom. The zero-order valence-corrected chi connectivity index (χ0v) is 16.5. The summed E-state index contributed by atoms with van der Waals surface area (Å²) in [4.78, 5) is 12.9. The van der Waals surface area contributed by atoms with E-state index in [-0.39, 0.29) is 5.91 Å². The summed E-state index contributed by atoms with van der Waals surface area (Å²) < 4.78 is 11.1. The van der Waals surface area contributed by atoms with Crippen LogP contribution in [0, 0.1) is 0 Å². The number of carbonyl (C=O) groups is 1. The number of rotatable bonds is 8. The van der Waals surface area contributed by atoms with E-state index >= 15 is 0 Å². The monoisotopic (exact) mass is 405 g/mol. The molecular formula is C19H24ClN5O3. The molecule has 0 aromatic heterocycles. The van der Waals surface area contributed by atoms with Crippen molar-refractivity contribution in [1.82, 2.24) is 16.4 Å². The van der Waals surface area contributed by atoms with Crippen LogP contribution in [-0.4, -0.2) is 31.3 Å². The van der Waals surface area contributed by atoms with Crippen molar-refractivity contribution in [3.63, 3.8) is 0 Å². The predicted octanol–water partition coefficient (Wildman–Crippen LogP) is 2.50. The van der Waals surface area contributed by atoms with Gasteiger partial charge in [-0.2, -0.15) is 5.53 Å². The average Bonchev–Trinajstić information content (AvgIpc) is 3.12. The number of nitrogens with one attached hydrogen (secondary N) is 5. The van der Waals surface area contributed by atoms with Gasteiger partial charge in [0.1, 0.15) is 23.7 Å². The van der Waals surface area contributed by atoms with E-state index in [4.69, 9.17) is 21.1 Å². The molecule has 28 heavy (non-hydrogen) atoms. The van der Waals surface area contributed by atoms with E-state index in [2.05, 4.69) is 27.0 Å². The normalized spacial score (nSPS) is 18.5. The van der Waals surface area contributed by atoms with E-state index in [1.54, 1.807) is 24.3 Å². The number of carbonyl (C=O) groups excluding carboxylic acids is 1. The van der Waals surface area contributed by atoms with Crippen LogP contribution in [0.25, 0.3) is 0 Å². The van der Waals surface area contributed by atoms with Crippen molar-refractivity contribution in [2.75, 3.05) is 23.8 Å². The van der Waals surface area contributed by atoms with Crippen LogP contribution in [0.5, 0.6) is 11.5 Å². The highest BCUT2D eigenvalue weighted by molar-refractivity contribution is 6.30. The molecule has 1 aliphatic rings. The number of ether oxygens (including phenoxy) is 2. The summed E-state index contributed by atoms with van der Waals surface area (Å²) in [5.41, 5.74) is 10.0. The molecule has 5 N–H and O–H groups in total. The van der Waals surface area contributed by atoms with E-state index in [0.717, 1.165) is 5.69 Å². The Labute approximate surface area is 168 Å². The summed E-state index contributed by atoms with van der Waals surface area (Å²) in [6.45, 7) is 4.81. The number of benzene rings is 2. The van der Waals surface area contributed by atoms with Gasteiger partial charge in [-0.3, -0.25) is 4.79 Å². The minimum atomic E-state index is -0.593. The van der Waals surface area contributed by atoms with Crippen molar-refractivity contribution >= 4 is 28.9 Å². The molecule has 150 valence electrons. The highest BCUT2D eigenvalue weighted by Crippen LogP contribution is 2.30. The molecule has 2 atom stereocenters. The van der Waals surface area contributed by atoms with Crippen LogP contribution in [0.2, 0.25) is 5.02 Å². The van der Waals surface area contributed by atoms with Crippen LogP contribution in [0.3, 0.4) is 0 Å². The van der Waals surface area contributed by atoms with Crippen LogP contribution in [0.15, 0.2) is 42.5 Å². The van der Waals surface area contributed by atoms with Gasteiger partial charge in [0, 0.05) is 16.8 Å². The van der Waals surface area contributed by atoms with Gasteiger partial charge in [0.15, 0.2) is 0 Å². The van der Waals surface area contributed by atoms with Crippen LogP contribution < -0.4 is 36.5 Å². The average molecular weight is 406 g/mol. The maximum atomic E-state index is 12.9. The lowest BCUT2D eigenvalue weighted by Crippen LogP contribution is -2.48. The molecule has 2 aromatic rings. The summed E-state index contributed by atoms with van der Waals surface area (Å²) in [6.07, 6.45) is -0.399. The Morgan fingerprint density at radius 3 is 2.68 bits per heavy atom. The fraction of sp³-hybridized carbons (Fsp3) is 0.316. The Kier molecular flexibility index (Phi) is 6.94. The zero-order valence-electron chi connectivity index (χ0n) is 15.7. The SMILES string of the molecule is CCOc1ccc(OCC)c(NC(=O)C2NNNC2Nc2cccc(Cl)c2)c1. The molecule has 1 saturated heterocycles. The van der Waals surface area contributed by atoms with Crippen LogP contribution >= 0.6 is 11.6 Å². The van der Waals surface area contributed by atoms with Crippen molar-refractivity contribution in [1.29, 1.82) is 0 Å². The molecule has 1 fully saturated rings. The first-order valence-electron chi connectivity index (χ1n) is 9.09. The lowest BCUT2D eigenvalue weighted by Gasteiger charge is -2.21. The molecule has 1 aliphatic heterocycles. The van der Waals surface area contributed by atoms with Gasteiger partial charge in [-0.25, -0.2) is 10.9 Å². The van der Waals surface area contributed by atoms with Crippen molar-refractivity contribution in [3.05, 3.63) is 47.5 Å². The Morgan fingerprint density at radius 2 is 1.93 bits per heavy atom. The predicted molar refractivity (Wildman–Crippen MR) is 109 cm³/mol. The number of hydrogen-bond acceptors (Lipinski definition) is 7. The summed E-state index contributed by atoms with van der Waals surface area (Å²) in [5, 5.41) is 6.75. The molecule has 0 radical (unpaired) electrons.